The van der Waals surface area contributed by atoms with Crippen molar-refractivity contribution < 1.29 is 40.6 Å². The molecule has 37 heavy (non-hydrogen) atoms. The molecule has 0 fully saturated rings. The van der Waals surface area contributed by atoms with E-state index in [-0.39, 0.29) is 24.8 Å². The number of pyridine rings is 1. The van der Waals surface area contributed by atoms with E-state index in [2.05, 4.69) is 118 Å². The zero-order valence-corrected chi connectivity index (χ0v) is 25.7. The van der Waals surface area contributed by atoms with Crippen LogP contribution < -0.4 is 24.8 Å². The summed E-state index contributed by atoms with van der Waals surface area (Å²) in [4.78, 5) is 13.3. The van der Waals surface area contributed by atoms with Gasteiger partial charge in [0.2, 0.25) is 0 Å². The van der Waals surface area contributed by atoms with Crippen molar-refractivity contribution in [3.63, 3.8) is 0 Å². The summed E-state index contributed by atoms with van der Waals surface area (Å²) in [6.07, 6.45) is 5.51. The molecule has 0 amide bonds. The van der Waals surface area contributed by atoms with Gasteiger partial charge in [-0.1, -0.05) is 52.0 Å². The fourth-order valence-corrected chi connectivity index (χ4v) is 4.09. The first-order chi connectivity index (χ1) is 16.7. The molecule has 0 bridgehead atoms. The molecule has 0 aliphatic heterocycles. The summed E-state index contributed by atoms with van der Waals surface area (Å²) in [5.41, 5.74) is 8.43. The van der Waals surface area contributed by atoms with Gasteiger partial charge in [-0.25, -0.2) is 0 Å². The third-order valence-electron chi connectivity index (χ3n) is 5.88. The molecule has 0 saturated heterocycles. The number of aromatic nitrogens is 1. The molecule has 0 atom stereocenters. The van der Waals surface area contributed by atoms with Gasteiger partial charge in [0, 0.05) is 24.2 Å². The Morgan fingerprint density at radius 1 is 0.622 bits per heavy atom. The second-order valence-electron chi connectivity index (χ2n) is 9.95. The van der Waals surface area contributed by atoms with Crippen molar-refractivity contribution in [2.24, 2.45) is 9.98 Å². The summed E-state index contributed by atoms with van der Waals surface area (Å²) in [5.74, 6) is 1.93. The predicted octanol–water partition coefficient (Wildman–Crippen LogP) is 3.23. The van der Waals surface area contributed by atoms with Gasteiger partial charge < -0.3 is 24.8 Å². The number of rotatable bonds is 7. The summed E-state index contributed by atoms with van der Waals surface area (Å²) in [5, 5.41) is 1.57. The van der Waals surface area contributed by atoms with Crippen molar-refractivity contribution in [2.45, 2.75) is 79.1 Å². The van der Waals surface area contributed by atoms with Gasteiger partial charge in [-0.2, -0.15) is 0 Å². The maximum absolute atomic E-state index is 4.75. The third-order valence-corrected chi connectivity index (χ3v) is 6.02. The molecule has 3 aromatic rings. The Kier molecular flexibility index (Phi) is 16.6. The molecule has 1 aromatic heterocycles. The molecule has 2 aromatic carbocycles. The van der Waals surface area contributed by atoms with Gasteiger partial charge >= 0.3 is 100 Å². The smallest absolute Gasteiger partial charge is 1.00 e. The van der Waals surface area contributed by atoms with E-state index < -0.39 is 0 Å². The Labute approximate surface area is 245 Å². The van der Waals surface area contributed by atoms with E-state index in [1.807, 2.05) is 24.5 Å². The average molecular weight is 585 g/mol. The molecule has 202 valence electrons. The second-order valence-corrected chi connectivity index (χ2v) is 10.2. The number of aliphatic imine (C=N–C) groups is 2. The summed E-state index contributed by atoms with van der Waals surface area (Å²) < 4.78 is 0. The Hall–Kier alpha value is -1.98. The van der Waals surface area contributed by atoms with E-state index in [0.717, 1.165) is 16.9 Å². The molecular formula is C31H40Cl2CoN3. The standard InChI is InChI=1S/C18H22N2.C13H18N.2ClH.Co/c1-13(2)16-8-5-9-17(14(3)4)18(16)20-12-15-7-6-10-19-11-15;1-9(2)11-7-6-8-12(10(3)4)13(11)14-5;;;/h5-14H,1-4H3;5-10H,1-4H3;2*1H;/q;;;;+2/p-2. The van der Waals surface area contributed by atoms with E-state index in [0.29, 0.717) is 23.7 Å². The normalized spacial score (nSPS) is 11.2. The fourth-order valence-electron chi connectivity index (χ4n) is 3.96. The molecule has 0 N–H and O–H groups in total. The molecule has 1 heterocycles. The van der Waals surface area contributed by atoms with Crippen molar-refractivity contribution in [1.82, 2.24) is 4.98 Å². The van der Waals surface area contributed by atoms with Crippen molar-refractivity contribution in [3.8, 4) is 0 Å². The van der Waals surface area contributed by atoms with Crippen LogP contribution in [0.1, 0.15) is 107 Å². The third kappa shape index (κ3) is 10.4. The van der Waals surface area contributed by atoms with Crippen LogP contribution in [0.5, 0.6) is 0 Å². The molecule has 3 rings (SSSR count). The fraction of sp³-hybridized carbons (Fsp3) is 0.387. The van der Waals surface area contributed by atoms with Crippen LogP contribution in [0.2, 0.25) is 0 Å². The van der Waals surface area contributed by atoms with E-state index in [1.165, 1.54) is 22.3 Å². The summed E-state index contributed by atoms with van der Waals surface area (Å²) in [7, 11) is 0. The number of nitrogens with zero attached hydrogens (tertiary/aromatic N) is 3. The van der Waals surface area contributed by atoms with Crippen LogP contribution in [-0.4, -0.2) is 16.3 Å². The van der Waals surface area contributed by atoms with E-state index >= 15 is 0 Å². The van der Waals surface area contributed by atoms with Gasteiger partial charge in [0.05, 0.1) is 5.69 Å². The Bertz CT molecular complexity index is 1070. The number of hydrogen-bond acceptors (Lipinski definition) is 3. The number of hydrogen-bond donors (Lipinski definition) is 0. The van der Waals surface area contributed by atoms with Crippen LogP contribution >= 0.6 is 0 Å². The van der Waals surface area contributed by atoms with Crippen LogP contribution in [0.15, 0.2) is 70.9 Å². The van der Waals surface area contributed by atoms with Gasteiger partial charge in [0.25, 0.3) is 0 Å². The van der Waals surface area contributed by atoms with Gasteiger partial charge in [-0.15, -0.1) is 0 Å². The molecule has 0 spiro atoms. The molecule has 0 aliphatic rings. The Morgan fingerprint density at radius 2 is 1.03 bits per heavy atom. The summed E-state index contributed by atoms with van der Waals surface area (Å²) in [6.45, 7) is 17.6. The molecule has 0 unspecified atom stereocenters. The Morgan fingerprint density at radius 3 is 1.35 bits per heavy atom. The van der Waals surface area contributed by atoms with Crippen LogP contribution in [0.3, 0.4) is 0 Å². The molecule has 0 aliphatic carbocycles. The average Bonchev–Trinajstić information content (AvgIpc) is 2.83. The maximum Gasteiger partial charge on any atom is -1.00 e. The van der Waals surface area contributed by atoms with Gasteiger partial charge in [0.1, 0.15) is 0 Å². The minimum Gasteiger partial charge on any atom is -1.00 e. The molecule has 3 nitrogen and oxygen atoms in total. The predicted molar refractivity (Wildman–Crippen MR) is 149 cm³/mol. The van der Waals surface area contributed by atoms with E-state index in [1.54, 1.807) is 11.3 Å². The molecule has 0 saturated carbocycles. The van der Waals surface area contributed by atoms with Crippen molar-refractivity contribution in [3.05, 3.63) is 88.7 Å². The largest absolute Gasteiger partial charge is 1.00 e. The zero-order valence-electron chi connectivity index (χ0n) is 23.2. The quantitative estimate of drug-likeness (QED) is 0.394. The topological polar surface area (TPSA) is 37.6 Å². The first-order valence-electron chi connectivity index (χ1n) is 12.5. The summed E-state index contributed by atoms with van der Waals surface area (Å²) >= 11 is 4.12. The first kappa shape index (κ1) is 35.0. The number of halogens is 2. The van der Waals surface area contributed by atoms with Gasteiger partial charge in [-0.3, -0.25) is 9.98 Å². The monoisotopic (exact) mass is 583 g/mol. The van der Waals surface area contributed by atoms with Crippen molar-refractivity contribution in [2.75, 3.05) is 0 Å². The van der Waals surface area contributed by atoms with Crippen LogP contribution in [0, 0.1) is 0 Å². The van der Waals surface area contributed by atoms with E-state index in [9.17, 15) is 0 Å². The SMILES string of the molecule is CC(C)c1cccc(C(C)C)c1N=Cc1cccnc1.CC(C)c1cccc(C(C)C)c1N=[CH][Co+2].[Cl-].[Cl-]. The van der Waals surface area contributed by atoms with Crippen LogP contribution in [0.25, 0.3) is 0 Å². The van der Waals surface area contributed by atoms with Gasteiger partial charge in [0.15, 0.2) is 0 Å². The number of para-hydroxylation sites is 2. The molecule has 6 heteroatoms. The minimum atomic E-state index is 0. The van der Waals surface area contributed by atoms with Crippen molar-refractivity contribution >= 4 is 22.7 Å². The zero-order chi connectivity index (χ0) is 26.0. The van der Waals surface area contributed by atoms with Crippen molar-refractivity contribution in [1.29, 1.82) is 0 Å². The van der Waals surface area contributed by atoms with Crippen LogP contribution in [-0.2, 0) is 15.7 Å². The maximum atomic E-state index is 4.75. The van der Waals surface area contributed by atoms with Crippen LogP contribution in [0.4, 0.5) is 11.4 Å². The summed E-state index contributed by atoms with van der Waals surface area (Å²) in [6, 6.07) is 16.8. The number of benzene rings is 2. The molecular weight excluding hydrogens is 544 g/mol. The van der Waals surface area contributed by atoms with Gasteiger partial charge in [-0.05, 0) is 29.0 Å². The minimum absolute atomic E-state index is 0. The second kappa shape index (κ2) is 17.5. The Balaban J connectivity index is 0.000000690. The molecule has 0 radical (unpaired) electrons. The first-order valence-corrected chi connectivity index (χ1v) is 13.1. The van der Waals surface area contributed by atoms with E-state index in [4.69, 9.17) is 4.99 Å².